The molecule has 0 atom stereocenters. The Bertz CT molecular complexity index is 592. The predicted molar refractivity (Wildman–Crippen MR) is 103 cm³/mol. The van der Waals surface area contributed by atoms with Crippen LogP contribution in [0.15, 0.2) is 9.52 Å². The molecule has 1 aliphatic heterocycles. The lowest BCUT2D eigenvalue weighted by Gasteiger charge is -2.36. The molecule has 1 N–H and O–H groups in total. The van der Waals surface area contributed by atoms with Crippen molar-refractivity contribution in [3.8, 4) is 0 Å². The minimum atomic E-state index is 0. The molecule has 0 bridgehead atoms. The number of amides is 1. The zero-order valence-electron chi connectivity index (χ0n) is 14.5. The molecule has 0 radical (unpaired) electrons. The molecule has 1 aromatic rings. The molecule has 24 heavy (non-hydrogen) atoms. The summed E-state index contributed by atoms with van der Waals surface area (Å²) in [7, 11) is 1.76. The second-order valence-corrected chi connectivity index (χ2v) is 6.27. The number of aliphatic imine (C=N–C) groups is 1. The normalized spacial score (nSPS) is 18.6. The maximum atomic E-state index is 12.2. The Balaban J connectivity index is 0.00000208. The molecular weight excluding hydrogens is 421 g/mol. The highest BCUT2D eigenvalue weighted by molar-refractivity contribution is 14.0. The number of rotatable bonds is 4. The van der Waals surface area contributed by atoms with Crippen molar-refractivity contribution in [3.63, 3.8) is 0 Å². The molecule has 3 rings (SSSR count). The Kier molecular flexibility index (Phi) is 6.47. The molecule has 2 fully saturated rings. The first-order valence-electron chi connectivity index (χ1n) is 8.27. The van der Waals surface area contributed by atoms with Crippen molar-refractivity contribution in [1.82, 2.24) is 20.3 Å². The van der Waals surface area contributed by atoms with Gasteiger partial charge in [0.05, 0.1) is 12.2 Å². The number of piperazine rings is 1. The van der Waals surface area contributed by atoms with Gasteiger partial charge < -0.3 is 19.6 Å². The Morgan fingerprint density at radius 3 is 2.67 bits per heavy atom. The predicted octanol–water partition coefficient (Wildman–Crippen LogP) is 1.33. The van der Waals surface area contributed by atoms with Crippen molar-refractivity contribution in [1.29, 1.82) is 0 Å². The number of aromatic nitrogens is 1. The lowest BCUT2D eigenvalue weighted by Crippen LogP contribution is -2.55. The highest BCUT2D eigenvalue weighted by atomic mass is 127. The second-order valence-electron chi connectivity index (χ2n) is 6.27. The van der Waals surface area contributed by atoms with Gasteiger partial charge in [-0.1, -0.05) is 5.16 Å². The summed E-state index contributed by atoms with van der Waals surface area (Å²) in [5.41, 5.74) is 2.08. The molecule has 134 valence electrons. The first-order chi connectivity index (χ1) is 11.1. The fourth-order valence-corrected chi connectivity index (χ4v) is 3.13. The maximum Gasteiger partial charge on any atom is 0.242 e. The quantitative estimate of drug-likeness (QED) is 0.429. The van der Waals surface area contributed by atoms with Crippen LogP contribution in [0.3, 0.4) is 0 Å². The number of carbonyl (C=O) groups is 1. The van der Waals surface area contributed by atoms with Crippen LogP contribution in [-0.2, 0) is 11.2 Å². The molecule has 7 nitrogen and oxygen atoms in total. The van der Waals surface area contributed by atoms with E-state index < -0.39 is 0 Å². The monoisotopic (exact) mass is 447 g/mol. The van der Waals surface area contributed by atoms with Crippen molar-refractivity contribution in [3.05, 3.63) is 17.0 Å². The molecule has 1 amide bonds. The number of nitrogens with one attached hydrogen (secondary N) is 1. The number of halogens is 1. The average Bonchev–Trinajstić information content (AvgIpc) is 3.32. The molecule has 2 heterocycles. The Hall–Kier alpha value is -1.32. The molecule has 1 saturated carbocycles. The largest absolute Gasteiger partial charge is 0.361 e. The van der Waals surface area contributed by atoms with Crippen molar-refractivity contribution in [2.45, 2.75) is 39.2 Å². The Morgan fingerprint density at radius 1 is 1.38 bits per heavy atom. The summed E-state index contributed by atoms with van der Waals surface area (Å²) in [6.07, 6.45) is 3.16. The van der Waals surface area contributed by atoms with E-state index >= 15 is 0 Å². The summed E-state index contributed by atoms with van der Waals surface area (Å²) < 4.78 is 5.18. The first-order valence-corrected chi connectivity index (χ1v) is 8.27. The van der Waals surface area contributed by atoms with Crippen LogP contribution in [0.2, 0.25) is 0 Å². The van der Waals surface area contributed by atoms with Crippen LogP contribution < -0.4 is 5.32 Å². The molecule has 0 unspecified atom stereocenters. The van der Waals surface area contributed by atoms with E-state index in [1.54, 1.807) is 7.05 Å². The minimum Gasteiger partial charge on any atom is -0.361 e. The van der Waals surface area contributed by atoms with Gasteiger partial charge in [0.25, 0.3) is 0 Å². The molecule has 1 aliphatic carbocycles. The van der Waals surface area contributed by atoms with Crippen LogP contribution in [0.5, 0.6) is 0 Å². The average molecular weight is 447 g/mol. The summed E-state index contributed by atoms with van der Waals surface area (Å²) in [6.45, 7) is 6.69. The van der Waals surface area contributed by atoms with Crippen molar-refractivity contribution >= 4 is 35.8 Å². The third-order valence-corrected chi connectivity index (χ3v) is 4.60. The van der Waals surface area contributed by atoms with Crippen LogP contribution >= 0.6 is 24.0 Å². The van der Waals surface area contributed by atoms with Gasteiger partial charge in [0.2, 0.25) is 5.91 Å². The van der Waals surface area contributed by atoms with Gasteiger partial charge in [-0.15, -0.1) is 24.0 Å². The van der Waals surface area contributed by atoms with Crippen molar-refractivity contribution in [2.24, 2.45) is 4.99 Å². The topological polar surface area (TPSA) is 74.0 Å². The number of aryl methyl sites for hydroxylation is 2. The number of hydrogen-bond donors (Lipinski definition) is 1. The van der Waals surface area contributed by atoms with E-state index in [9.17, 15) is 4.79 Å². The number of guanidine groups is 1. The zero-order chi connectivity index (χ0) is 16.4. The maximum absolute atomic E-state index is 12.2. The van der Waals surface area contributed by atoms with Gasteiger partial charge in [-0.25, -0.2) is 0 Å². The SMILES string of the molecule is CN=C(NCCc1c(C)noc1C)N1CCN(C2CC2)C(=O)C1.I. The van der Waals surface area contributed by atoms with E-state index in [1.165, 1.54) is 0 Å². The van der Waals surface area contributed by atoms with Crippen LogP contribution in [0, 0.1) is 13.8 Å². The summed E-state index contributed by atoms with van der Waals surface area (Å²) in [5, 5.41) is 7.32. The van der Waals surface area contributed by atoms with Gasteiger partial charge in [-0.3, -0.25) is 9.79 Å². The lowest BCUT2D eigenvalue weighted by molar-refractivity contribution is -0.135. The Morgan fingerprint density at radius 2 is 2.12 bits per heavy atom. The highest BCUT2D eigenvalue weighted by Gasteiger charge is 2.36. The smallest absolute Gasteiger partial charge is 0.242 e. The molecule has 8 heteroatoms. The third kappa shape index (κ3) is 4.20. The molecule has 2 aliphatic rings. The van der Waals surface area contributed by atoms with E-state index in [1.807, 2.05) is 23.6 Å². The molecule has 0 aromatic carbocycles. The second kappa shape index (κ2) is 8.17. The van der Waals surface area contributed by atoms with Gasteiger partial charge in [0.1, 0.15) is 5.76 Å². The fourth-order valence-electron chi connectivity index (χ4n) is 3.13. The van der Waals surface area contributed by atoms with Gasteiger partial charge in [-0.2, -0.15) is 0 Å². The van der Waals surface area contributed by atoms with Gasteiger partial charge in [0.15, 0.2) is 5.96 Å². The van der Waals surface area contributed by atoms with Crippen molar-refractivity contribution < 1.29 is 9.32 Å². The van der Waals surface area contributed by atoms with Crippen LogP contribution in [-0.4, -0.2) is 66.1 Å². The summed E-state index contributed by atoms with van der Waals surface area (Å²) in [6, 6.07) is 0.499. The molecule has 1 saturated heterocycles. The first kappa shape index (κ1) is 19.0. The third-order valence-electron chi connectivity index (χ3n) is 4.60. The standard InChI is InChI=1S/C16H25N5O2.HI/c1-11-14(12(2)23-19-11)6-7-18-16(17-3)20-8-9-21(13-4-5-13)15(22)10-20;/h13H,4-10H2,1-3H3,(H,17,18);1H. The summed E-state index contributed by atoms with van der Waals surface area (Å²) in [4.78, 5) is 20.6. The molecule has 0 spiro atoms. The summed E-state index contributed by atoms with van der Waals surface area (Å²) in [5.74, 6) is 1.88. The Labute approximate surface area is 159 Å². The van der Waals surface area contributed by atoms with E-state index in [2.05, 4.69) is 15.5 Å². The molecule has 1 aromatic heterocycles. The van der Waals surface area contributed by atoms with E-state index in [4.69, 9.17) is 4.52 Å². The summed E-state index contributed by atoms with van der Waals surface area (Å²) >= 11 is 0. The fraction of sp³-hybridized carbons (Fsp3) is 0.688. The van der Waals surface area contributed by atoms with E-state index in [0.29, 0.717) is 12.6 Å². The van der Waals surface area contributed by atoms with Gasteiger partial charge in [-0.05, 0) is 33.1 Å². The van der Waals surface area contributed by atoms with Crippen molar-refractivity contribution in [2.75, 3.05) is 33.2 Å². The minimum absolute atomic E-state index is 0. The van der Waals surface area contributed by atoms with E-state index in [-0.39, 0.29) is 29.9 Å². The molecular formula is C16H26IN5O2. The zero-order valence-corrected chi connectivity index (χ0v) is 16.9. The highest BCUT2D eigenvalue weighted by Crippen LogP contribution is 2.28. The van der Waals surface area contributed by atoms with Gasteiger partial charge in [0, 0.05) is 38.3 Å². The van der Waals surface area contributed by atoms with Crippen LogP contribution in [0.1, 0.15) is 29.9 Å². The van der Waals surface area contributed by atoms with E-state index in [0.717, 1.165) is 61.9 Å². The van der Waals surface area contributed by atoms with Gasteiger partial charge >= 0.3 is 0 Å². The lowest BCUT2D eigenvalue weighted by atomic mass is 10.1. The van der Waals surface area contributed by atoms with Crippen LogP contribution in [0.25, 0.3) is 0 Å². The number of nitrogens with zero attached hydrogens (tertiary/aromatic N) is 4. The number of hydrogen-bond acceptors (Lipinski definition) is 4. The van der Waals surface area contributed by atoms with Crippen LogP contribution in [0.4, 0.5) is 0 Å². The number of carbonyl (C=O) groups excluding carboxylic acids is 1.